The van der Waals surface area contributed by atoms with E-state index < -0.39 is 8.07 Å². The fourth-order valence-corrected chi connectivity index (χ4v) is 15.6. The molecule has 260 valence electrons. The van der Waals surface area contributed by atoms with Crippen LogP contribution in [0.1, 0.15) is 61.1 Å². The van der Waals surface area contributed by atoms with Crippen LogP contribution >= 0.6 is 0 Å². The molecule has 52 heavy (non-hydrogen) atoms. The summed E-state index contributed by atoms with van der Waals surface area (Å²) in [5.74, 6) is 0.285. The minimum Gasteiger partial charge on any atom is -0.0636 e. The monoisotopic (exact) mass is 692 g/mol. The van der Waals surface area contributed by atoms with Gasteiger partial charge in [-0.2, -0.15) is 0 Å². The molecule has 0 fully saturated rings. The van der Waals surface area contributed by atoms with Crippen molar-refractivity contribution in [2.24, 2.45) is 5.92 Å². The molecule has 0 spiro atoms. The molecule has 1 aliphatic carbocycles. The van der Waals surface area contributed by atoms with E-state index in [1.807, 2.05) is 0 Å². The van der Waals surface area contributed by atoms with Crippen LogP contribution in [-0.4, -0.2) is 8.07 Å². The predicted octanol–water partition coefficient (Wildman–Crippen LogP) is 11.9. The Balaban J connectivity index is 1.84. The molecular weight excluding hydrogens is 641 g/mol. The highest BCUT2D eigenvalue weighted by atomic mass is 28.3. The number of hydrogen-bond acceptors (Lipinski definition) is 0. The maximum absolute atomic E-state index is 3.21. The third-order valence-electron chi connectivity index (χ3n) is 12.7. The normalized spacial score (nSPS) is 14.8. The van der Waals surface area contributed by atoms with E-state index in [0.29, 0.717) is 0 Å². The van der Waals surface area contributed by atoms with Crippen LogP contribution in [0.5, 0.6) is 0 Å². The van der Waals surface area contributed by atoms with Crippen molar-refractivity contribution in [1.82, 2.24) is 0 Å². The number of aryl methyl sites for hydroxylation is 3. The maximum Gasteiger partial charge on any atom is 0.178 e. The van der Waals surface area contributed by atoms with Crippen LogP contribution < -0.4 is 15.6 Å². The molecule has 1 unspecified atom stereocenters. The number of hydrogen-bond donors (Lipinski definition) is 0. The van der Waals surface area contributed by atoms with Crippen LogP contribution in [0.25, 0.3) is 33.4 Å². The smallest absolute Gasteiger partial charge is 0.0636 e. The van der Waals surface area contributed by atoms with Crippen molar-refractivity contribution in [3.8, 4) is 33.4 Å². The molecule has 1 aliphatic rings. The van der Waals surface area contributed by atoms with Crippen LogP contribution in [-0.2, 0) is 0 Å². The standard InChI is InChI=1S/C51H52Si/c1-32-26-29-45(48(35(32)4)42-20-14-11-15-21-42)52(51-40(9)38(7)39(8)41(51)10,46-30-27-33(2)36(5)49(46)43-22-16-12-17-23-43)47-31-28-34(3)37(6)50(47)44-24-18-13-19-25-44/h11-31,40H,1-10H3. The van der Waals surface area contributed by atoms with Gasteiger partial charge in [-0.15, -0.1) is 0 Å². The van der Waals surface area contributed by atoms with E-state index in [9.17, 15) is 0 Å². The SMILES string of the molecule is CC1=C(C)C(C)C([Si](c2ccc(C)c(C)c2-c2ccccc2)(c2ccc(C)c(C)c2-c2ccccc2)c2ccc(C)c(C)c2-c2ccccc2)=C1C. The van der Waals surface area contributed by atoms with Gasteiger partial charge in [0.1, 0.15) is 0 Å². The Morgan fingerprint density at radius 3 is 0.942 bits per heavy atom. The lowest BCUT2D eigenvalue weighted by molar-refractivity contribution is 0.851. The fourth-order valence-electron chi connectivity index (χ4n) is 9.16. The second kappa shape index (κ2) is 13.9. The summed E-state index contributed by atoms with van der Waals surface area (Å²) in [6.45, 7) is 23.6. The lowest BCUT2D eigenvalue weighted by Gasteiger charge is -2.43. The van der Waals surface area contributed by atoms with Gasteiger partial charge in [-0.1, -0.05) is 151 Å². The third-order valence-corrected chi connectivity index (χ3v) is 17.9. The summed E-state index contributed by atoms with van der Waals surface area (Å²) < 4.78 is 0. The summed E-state index contributed by atoms with van der Waals surface area (Å²) in [5, 5.41) is 6.05. The summed E-state index contributed by atoms with van der Waals surface area (Å²) >= 11 is 0. The van der Waals surface area contributed by atoms with Gasteiger partial charge in [0.25, 0.3) is 0 Å². The highest BCUT2D eigenvalue weighted by Crippen LogP contribution is 2.45. The second-order valence-corrected chi connectivity index (χ2v) is 18.9. The van der Waals surface area contributed by atoms with Crippen LogP contribution in [0.4, 0.5) is 0 Å². The van der Waals surface area contributed by atoms with Gasteiger partial charge in [0.15, 0.2) is 8.07 Å². The Morgan fingerprint density at radius 2 is 0.673 bits per heavy atom. The minimum atomic E-state index is -3.21. The first-order valence-corrected chi connectivity index (χ1v) is 20.9. The van der Waals surface area contributed by atoms with Gasteiger partial charge < -0.3 is 0 Å². The van der Waals surface area contributed by atoms with E-state index >= 15 is 0 Å². The van der Waals surface area contributed by atoms with Gasteiger partial charge in [0.05, 0.1) is 0 Å². The van der Waals surface area contributed by atoms with Crippen LogP contribution in [0.3, 0.4) is 0 Å². The molecule has 0 heterocycles. The zero-order valence-electron chi connectivity index (χ0n) is 32.7. The van der Waals surface area contributed by atoms with Crippen molar-refractivity contribution >= 4 is 23.6 Å². The van der Waals surface area contributed by atoms with Crippen molar-refractivity contribution in [1.29, 1.82) is 0 Å². The topological polar surface area (TPSA) is 0 Å². The van der Waals surface area contributed by atoms with Gasteiger partial charge >= 0.3 is 0 Å². The maximum atomic E-state index is 2.54. The predicted molar refractivity (Wildman–Crippen MR) is 229 cm³/mol. The molecule has 0 nitrogen and oxygen atoms in total. The largest absolute Gasteiger partial charge is 0.178 e. The van der Waals surface area contributed by atoms with Crippen molar-refractivity contribution in [3.05, 3.63) is 183 Å². The summed E-state index contributed by atoms with van der Waals surface area (Å²) in [4.78, 5) is 0. The van der Waals surface area contributed by atoms with E-state index in [2.05, 4.69) is 197 Å². The molecule has 6 aromatic carbocycles. The Kier molecular flexibility index (Phi) is 9.44. The lowest BCUT2D eigenvalue weighted by Crippen LogP contribution is -2.71. The summed E-state index contributed by atoms with van der Waals surface area (Å²) in [6, 6.07) is 48.5. The molecule has 0 aromatic heterocycles. The summed E-state index contributed by atoms with van der Waals surface area (Å²) in [5.41, 5.74) is 20.5. The Labute approximate surface area is 313 Å². The van der Waals surface area contributed by atoms with E-state index in [-0.39, 0.29) is 5.92 Å². The fraction of sp³-hybridized carbons (Fsp3) is 0.216. The average molecular weight is 693 g/mol. The molecule has 1 heteroatoms. The first-order chi connectivity index (χ1) is 25.0. The molecule has 0 N–H and O–H groups in total. The molecule has 0 bridgehead atoms. The molecule has 6 aromatic rings. The summed E-state index contributed by atoms with van der Waals surface area (Å²) in [7, 11) is -3.21. The van der Waals surface area contributed by atoms with Crippen LogP contribution in [0.2, 0.25) is 0 Å². The van der Waals surface area contributed by atoms with E-state index in [0.717, 1.165) is 0 Å². The van der Waals surface area contributed by atoms with Gasteiger partial charge in [-0.3, -0.25) is 0 Å². The molecule has 0 amide bonds. The summed E-state index contributed by atoms with van der Waals surface area (Å²) in [6.07, 6.45) is 0. The van der Waals surface area contributed by atoms with Gasteiger partial charge in [-0.25, -0.2) is 0 Å². The van der Waals surface area contributed by atoms with Gasteiger partial charge in [-0.05, 0) is 156 Å². The van der Waals surface area contributed by atoms with Crippen molar-refractivity contribution < 1.29 is 0 Å². The van der Waals surface area contributed by atoms with E-state index in [4.69, 9.17) is 0 Å². The van der Waals surface area contributed by atoms with Crippen LogP contribution in [0.15, 0.2) is 149 Å². The zero-order chi connectivity index (χ0) is 36.9. The highest BCUT2D eigenvalue weighted by molar-refractivity contribution is 7.18. The molecule has 0 radical (unpaired) electrons. The number of allylic oxidation sites excluding steroid dienone is 4. The lowest BCUT2D eigenvalue weighted by atomic mass is 9.96. The van der Waals surface area contributed by atoms with Crippen molar-refractivity contribution in [2.75, 3.05) is 0 Å². The molecular formula is C51H52Si. The highest BCUT2D eigenvalue weighted by Gasteiger charge is 2.52. The third kappa shape index (κ3) is 5.49. The van der Waals surface area contributed by atoms with Gasteiger partial charge in [0, 0.05) is 0 Å². The van der Waals surface area contributed by atoms with E-state index in [1.54, 1.807) is 5.20 Å². The molecule has 0 saturated carbocycles. The van der Waals surface area contributed by atoms with Crippen LogP contribution in [0, 0.1) is 47.5 Å². The van der Waals surface area contributed by atoms with Gasteiger partial charge in [0.2, 0.25) is 0 Å². The number of rotatable bonds is 7. The molecule has 0 saturated heterocycles. The average Bonchev–Trinajstić information content (AvgIpc) is 3.35. The zero-order valence-corrected chi connectivity index (χ0v) is 33.7. The van der Waals surface area contributed by atoms with E-state index in [1.165, 1.54) is 99.0 Å². The first-order valence-electron chi connectivity index (χ1n) is 18.9. The minimum absolute atomic E-state index is 0.285. The second-order valence-electron chi connectivity index (χ2n) is 15.2. The number of benzene rings is 6. The molecule has 1 atom stereocenters. The molecule has 0 aliphatic heterocycles. The van der Waals surface area contributed by atoms with Crippen molar-refractivity contribution in [3.63, 3.8) is 0 Å². The Bertz CT molecular complexity index is 2140. The van der Waals surface area contributed by atoms with Crippen molar-refractivity contribution in [2.45, 2.75) is 69.2 Å². The first kappa shape index (κ1) is 35.4. The Morgan fingerprint density at radius 1 is 0.365 bits per heavy atom. The quantitative estimate of drug-likeness (QED) is 0.115. The molecule has 7 rings (SSSR count). The Hall–Kier alpha value is -4.98.